The van der Waals surface area contributed by atoms with Crippen LogP contribution in [0.1, 0.15) is 37.8 Å². The van der Waals surface area contributed by atoms with Crippen molar-refractivity contribution in [1.82, 2.24) is 4.31 Å². The smallest absolute Gasteiger partial charge is 0.207 e. The third-order valence-corrected chi connectivity index (χ3v) is 6.06. The van der Waals surface area contributed by atoms with Crippen LogP contribution < -0.4 is 0 Å². The van der Waals surface area contributed by atoms with Gasteiger partial charge in [0.25, 0.3) is 0 Å². The molecule has 0 bridgehead atoms. The molecule has 0 spiro atoms. The van der Waals surface area contributed by atoms with Crippen molar-refractivity contribution in [2.75, 3.05) is 13.1 Å². The molecule has 1 saturated heterocycles. The van der Waals surface area contributed by atoms with Gasteiger partial charge in [-0.25, -0.2) is 12.8 Å². The first-order valence-corrected chi connectivity index (χ1v) is 9.00. The van der Waals surface area contributed by atoms with Crippen LogP contribution in [0.4, 0.5) is 4.39 Å². The largest absolute Gasteiger partial charge is 0.243 e. The molecule has 118 valence electrons. The van der Waals surface area contributed by atoms with Crippen molar-refractivity contribution in [3.05, 3.63) is 29.1 Å². The molecular weight excluding hydrogens is 313 g/mol. The summed E-state index contributed by atoms with van der Waals surface area (Å²) in [5, 5.41) is 0. The molecule has 1 aromatic rings. The summed E-state index contributed by atoms with van der Waals surface area (Å²) in [7, 11) is -3.60. The highest BCUT2D eigenvalue weighted by atomic mass is 35.5. The van der Waals surface area contributed by atoms with Gasteiger partial charge in [0, 0.05) is 18.7 Å². The fourth-order valence-corrected chi connectivity index (χ4v) is 4.78. The Morgan fingerprint density at radius 1 is 1.38 bits per heavy atom. The summed E-state index contributed by atoms with van der Waals surface area (Å²) in [5.41, 5.74) is 0.505. The number of hydrogen-bond acceptors (Lipinski definition) is 2. The molecular formula is C15H21ClFNO2S. The Morgan fingerprint density at radius 2 is 2.05 bits per heavy atom. The van der Waals surface area contributed by atoms with Gasteiger partial charge in [0.2, 0.25) is 10.0 Å². The van der Waals surface area contributed by atoms with Gasteiger partial charge in [-0.3, -0.25) is 0 Å². The van der Waals surface area contributed by atoms with Gasteiger partial charge >= 0.3 is 0 Å². The van der Waals surface area contributed by atoms with E-state index in [4.69, 9.17) is 11.6 Å². The average Bonchev–Trinajstić information content (AvgIpc) is 2.40. The van der Waals surface area contributed by atoms with Crippen LogP contribution in [-0.4, -0.2) is 25.8 Å². The molecule has 0 aliphatic carbocycles. The molecule has 0 atom stereocenters. The number of alkyl halides is 1. The molecule has 1 fully saturated rings. The van der Waals surface area contributed by atoms with E-state index in [0.29, 0.717) is 18.7 Å². The van der Waals surface area contributed by atoms with Crippen molar-refractivity contribution in [3.8, 4) is 0 Å². The van der Waals surface area contributed by atoms with Crippen molar-refractivity contribution in [1.29, 1.82) is 0 Å². The Bertz CT molecular complexity index is 643. The molecule has 0 aromatic heterocycles. The van der Waals surface area contributed by atoms with E-state index in [1.54, 1.807) is 6.92 Å². The van der Waals surface area contributed by atoms with Gasteiger partial charge in [-0.1, -0.05) is 13.8 Å². The fourth-order valence-electron chi connectivity index (χ4n) is 2.78. The molecule has 1 aliphatic rings. The molecule has 0 unspecified atom stereocenters. The zero-order valence-corrected chi connectivity index (χ0v) is 14.2. The monoisotopic (exact) mass is 333 g/mol. The van der Waals surface area contributed by atoms with E-state index in [1.165, 1.54) is 16.4 Å². The number of nitrogens with zero attached hydrogens (tertiary/aromatic N) is 1. The van der Waals surface area contributed by atoms with E-state index in [-0.39, 0.29) is 21.8 Å². The predicted molar refractivity (Wildman–Crippen MR) is 82.5 cm³/mol. The van der Waals surface area contributed by atoms with Crippen LogP contribution in [-0.2, 0) is 15.9 Å². The zero-order chi connectivity index (χ0) is 15.8. The summed E-state index contributed by atoms with van der Waals surface area (Å²) in [5.74, 6) is -0.468. The Labute approximate surface area is 131 Å². The number of sulfonamides is 1. The van der Waals surface area contributed by atoms with E-state index in [2.05, 4.69) is 13.8 Å². The Morgan fingerprint density at radius 3 is 2.62 bits per heavy atom. The maximum Gasteiger partial charge on any atom is 0.243 e. The fraction of sp³-hybridized carbons (Fsp3) is 0.600. The van der Waals surface area contributed by atoms with Gasteiger partial charge in [-0.15, -0.1) is 11.6 Å². The second kappa shape index (κ2) is 5.86. The normalized spacial score (nSPS) is 19.7. The van der Waals surface area contributed by atoms with E-state index in [0.717, 1.165) is 12.8 Å². The minimum absolute atomic E-state index is 0.0320. The molecule has 0 radical (unpaired) electrons. The van der Waals surface area contributed by atoms with Crippen molar-refractivity contribution >= 4 is 21.6 Å². The SMILES string of the molecule is Cc1cc(S(=O)(=O)N2CCCC(C)(C)C2)cc(CCl)c1F. The highest BCUT2D eigenvalue weighted by Crippen LogP contribution is 2.32. The standard InChI is InChI=1S/C15H21ClFNO2S/c1-11-7-13(8-12(9-16)14(11)17)21(19,20)18-6-4-5-15(2,3)10-18/h7-8H,4-6,9-10H2,1-3H3. The number of piperidine rings is 1. The van der Waals surface area contributed by atoms with Crippen LogP contribution in [0.5, 0.6) is 0 Å². The first kappa shape index (κ1) is 16.7. The zero-order valence-electron chi connectivity index (χ0n) is 12.6. The van der Waals surface area contributed by atoms with Crippen LogP contribution in [0.2, 0.25) is 0 Å². The van der Waals surface area contributed by atoms with Crippen LogP contribution in [0.3, 0.4) is 0 Å². The van der Waals surface area contributed by atoms with E-state index < -0.39 is 15.8 Å². The first-order chi connectivity index (χ1) is 9.67. The summed E-state index contributed by atoms with van der Waals surface area (Å²) in [6.07, 6.45) is 1.85. The van der Waals surface area contributed by atoms with Crippen LogP contribution >= 0.6 is 11.6 Å². The second-order valence-corrected chi connectivity index (χ2v) is 8.66. The molecule has 1 aliphatic heterocycles. The molecule has 6 heteroatoms. The topological polar surface area (TPSA) is 37.4 Å². The minimum atomic E-state index is -3.60. The first-order valence-electron chi connectivity index (χ1n) is 7.02. The van der Waals surface area contributed by atoms with Gasteiger partial charge < -0.3 is 0 Å². The van der Waals surface area contributed by atoms with Gasteiger partial charge in [-0.2, -0.15) is 4.31 Å². The second-order valence-electron chi connectivity index (χ2n) is 6.45. The van der Waals surface area contributed by atoms with E-state index in [9.17, 15) is 12.8 Å². The Hall–Kier alpha value is -0.650. The lowest BCUT2D eigenvalue weighted by Gasteiger charge is -2.37. The Kier molecular flexibility index (Phi) is 4.66. The predicted octanol–water partition coefficient (Wildman–Crippen LogP) is 3.68. The third kappa shape index (κ3) is 3.41. The lowest BCUT2D eigenvalue weighted by Crippen LogP contribution is -2.43. The molecule has 2 rings (SSSR count). The van der Waals surface area contributed by atoms with Crippen LogP contribution in [0, 0.1) is 18.2 Å². The number of hydrogen-bond donors (Lipinski definition) is 0. The van der Waals surface area contributed by atoms with Crippen molar-refractivity contribution in [2.45, 2.75) is 44.4 Å². The molecule has 0 amide bonds. The highest BCUT2D eigenvalue weighted by molar-refractivity contribution is 7.89. The summed E-state index contributed by atoms with van der Waals surface area (Å²) in [6, 6.07) is 2.74. The molecule has 1 aromatic carbocycles. The third-order valence-electron chi connectivity index (χ3n) is 3.95. The van der Waals surface area contributed by atoms with Crippen LogP contribution in [0.15, 0.2) is 17.0 Å². The molecule has 1 heterocycles. The quantitative estimate of drug-likeness (QED) is 0.791. The van der Waals surface area contributed by atoms with Gasteiger partial charge in [0.15, 0.2) is 0 Å². The van der Waals surface area contributed by atoms with Gasteiger partial charge in [-0.05, 0) is 42.9 Å². The van der Waals surface area contributed by atoms with Crippen molar-refractivity contribution in [3.63, 3.8) is 0 Å². The summed E-state index contributed by atoms with van der Waals surface area (Å²) in [4.78, 5) is 0.134. The Balaban J connectivity index is 2.42. The van der Waals surface area contributed by atoms with Crippen molar-refractivity contribution in [2.24, 2.45) is 5.41 Å². The lowest BCUT2D eigenvalue weighted by atomic mass is 9.85. The number of aryl methyl sites for hydroxylation is 1. The maximum atomic E-state index is 13.8. The van der Waals surface area contributed by atoms with Crippen LogP contribution in [0.25, 0.3) is 0 Å². The number of benzene rings is 1. The van der Waals surface area contributed by atoms with E-state index in [1.807, 2.05) is 0 Å². The molecule has 0 N–H and O–H groups in total. The summed E-state index contributed by atoms with van der Waals surface area (Å²) < 4.78 is 40.9. The summed E-state index contributed by atoms with van der Waals surface area (Å²) >= 11 is 5.71. The molecule has 0 saturated carbocycles. The van der Waals surface area contributed by atoms with E-state index >= 15 is 0 Å². The number of halogens is 2. The average molecular weight is 334 g/mol. The molecule has 3 nitrogen and oxygen atoms in total. The van der Waals surface area contributed by atoms with Crippen molar-refractivity contribution < 1.29 is 12.8 Å². The number of rotatable bonds is 3. The minimum Gasteiger partial charge on any atom is -0.207 e. The highest BCUT2D eigenvalue weighted by Gasteiger charge is 2.34. The van der Waals surface area contributed by atoms with Gasteiger partial charge in [0.05, 0.1) is 10.8 Å². The lowest BCUT2D eigenvalue weighted by molar-refractivity contribution is 0.187. The maximum absolute atomic E-state index is 13.8. The van der Waals surface area contributed by atoms with Gasteiger partial charge in [0.1, 0.15) is 5.82 Å². The molecule has 21 heavy (non-hydrogen) atoms. The summed E-state index contributed by atoms with van der Waals surface area (Å²) in [6.45, 7) is 6.69.